The van der Waals surface area contributed by atoms with Crippen molar-refractivity contribution >= 4 is 6.29 Å². The topological polar surface area (TPSA) is 45.8 Å². The van der Waals surface area contributed by atoms with Crippen molar-refractivity contribution in [2.45, 2.75) is 0 Å². The number of nitrogens with zero attached hydrogens (tertiary/aromatic N) is 1. The first-order valence-electron chi connectivity index (χ1n) is 4.06. The van der Waals surface area contributed by atoms with Crippen LogP contribution >= 0.6 is 0 Å². The number of hydrogen-bond acceptors (Lipinski definition) is 2. The summed E-state index contributed by atoms with van der Waals surface area (Å²) in [6.45, 7) is 0. The zero-order valence-electron chi connectivity index (χ0n) is 7.20. The van der Waals surface area contributed by atoms with Crippen molar-refractivity contribution < 1.29 is 9.18 Å². The number of aromatic amines is 1. The van der Waals surface area contributed by atoms with Crippen molar-refractivity contribution in [3.63, 3.8) is 0 Å². The smallest absolute Gasteiger partial charge is 0.153 e. The number of aldehydes is 1. The van der Waals surface area contributed by atoms with Gasteiger partial charge in [-0.1, -0.05) is 0 Å². The molecule has 4 heteroatoms. The summed E-state index contributed by atoms with van der Waals surface area (Å²) in [5.74, 6) is 0.100. The number of nitrogens with one attached hydrogen (secondary N) is 1. The van der Waals surface area contributed by atoms with Crippen molar-refractivity contribution in [2.24, 2.45) is 0 Å². The average Bonchev–Trinajstić information content (AvgIpc) is 2.71. The largest absolute Gasteiger partial charge is 0.345 e. The Morgan fingerprint density at radius 3 is 2.93 bits per heavy atom. The monoisotopic (exact) mass is 190 g/mol. The van der Waals surface area contributed by atoms with Gasteiger partial charge in [-0.25, -0.2) is 9.37 Å². The first-order valence-corrected chi connectivity index (χ1v) is 4.06. The van der Waals surface area contributed by atoms with Gasteiger partial charge in [0, 0.05) is 18.0 Å². The molecule has 0 bridgehead atoms. The van der Waals surface area contributed by atoms with Crippen LogP contribution in [-0.2, 0) is 0 Å². The second-order valence-corrected chi connectivity index (χ2v) is 2.79. The average molecular weight is 190 g/mol. The summed E-state index contributed by atoms with van der Waals surface area (Å²) in [6, 6.07) is 4.28. The van der Waals surface area contributed by atoms with E-state index < -0.39 is 5.82 Å². The van der Waals surface area contributed by atoms with Gasteiger partial charge in [-0.05, 0) is 18.2 Å². The van der Waals surface area contributed by atoms with Gasteiger partial charge in [-0.2, -0.15) is 0 Å². The maximum absolute atomic E-state index is 12.9. The molecule has 2 aromatic rings. The molecule has 0 aliphatic heterocycles. The van der Waals surface area contributed by atoms with Crippen molar-refractivity contribution in [2.75, 3.05) is 0 Å². The molecule has 0 atom stereocenters. The molecule has 0 fully saturated rings. The molecule has 0 amide bonds. The number of H-pyrrole nitrogens is 1. The number of hydrogen-bond donors (Lipinski definition) is 1. The highest BCUT2D eigenvalue weighted by Crippen LogP contribution is 2.17. The molecule has 1 N–H and O–H groups in total. The maximum atomic E-state index is 12.9. The van der Waals surface area contributed by atoms with Gasteiger partial charge in [0.05, 0.1) is 5.56 Å². The third kappa shape index (κ3) is 1.42. The number of imidazole rings is 1. The van der Waals surface area contributed by atoms with E-state index in [-0.39, 0.29) is 5.56 Å². The Morgan fingerprint density at radius 2 is 2.29 bits per heavy atom. The highest BCUT2D eigenvalue weighted by Gasteiger charge is 2.05. The number of aromatic nitrogens is 2. The van der Waals surface area contributed by atoms with E-state index in [1.807, 2.05) is 0 Å². The quantitative estimate of drug-likeness (QED) is 0.736. The highest BCUT2D eigenvalue weighted by atomic mass is 19.1. The minimum absolute atomic E-state index is 0.0406. The fraction of sp³-hybridized carbons (Fsp3) is 0. The van der Waals surface area contributed by atoms with Crippen LogP contribution in [0.5, 0.6) is 0 Å². The van der Waals surface area contributed by atoms with Gasteiger partial charge in [-0.15, -0.1) is 0 Å². The molecule has 0 saturated heterocycles. The van der Waals surface area contributed by atoms with E-state index >= 15 is 0 Å². The Labute approximate surface area is 79.6 Å². The minimum atomic E-state index is -0.518. The summed E-state index contributed by atoms with van der Waals surface area (Å²) in [5.41, 5.74) is 0.734. The molecule has 3 nitrogen and oxygen atoms in total. The summed E-state index contributed by atoms with van der Waals surface area (Å²) in [4.78, 5) is 17.4. The summed E-state index contributed by atoms with van der Waals surface area (Å²) >= 11 is 0. The van der Waals surface area contributed by atoms with Crippen LogP contribution in [0.15, 0.2) is 30.6 Å². The van der Waals surface area contributed by atoms with E-state index in [1.165, 1.54) is 12.1 Å². The zero-order valence-corrected chi connectivity index (χ0v) is 7.20. The lowest BCUT2D eigenvalue weighted by molar-refractivity contribution is 0.112. The first kappa shape index (κ1) is 8.62. The molecule has 0 saturated carbocycles. The molecular weight excluding hydrogens is 183 g/mol. The Kier molecular flexibility index (Phi) is 2.10. The minimum Gasteiger partial charge on any atom is -0.345 e. The fourth-order valence-corrected chi connectivity index (χ4v) is 1.20. The first-order chi connectivity index (χ1) is 6.81. The third-order valence-corrected chi connectivity index (χ3v) is 1.89. The van der Waals surface area contributed by atoms with E-state index in [4.69, 9.17) is 0 Å². The molecule has 2 rings (SSSR count). The summed E-state index contributed by atoms with van der Waals surface area (Å²) < 4.78 is 12.9. The van der Waals surface area contributed by atoms with E-state index in [1.54, 1.807) is 18.5 Å². The Bertz CT molecular complexity index is 451. The number of carbonyl (C=O) groups is 1. The van der Waals surface area contributed by atoms with Crippen LogP contribution in [0.25, 0.3) is 11.4 Å². The van der Waals surface area contributed by atoms with Crippen molar-refractivity contribution in [3.8, 4) is 11.4 Å². The molecule has 14 heavy (non-hydrogen) atoms. The predicted molar refractivity (Wildman–Crippen MR) is 49.4 cm³/mol. The number of rotatable bonds is 2. The number of halogens is 1. The molecule has 0 aliphatic carbocycles. The van der Waals surface area contributed by atoms with Crippen LogP contribution in [0.2, 0.25) is 0 Å². The summed E-state index contributed by atoms with van der Waals surface area (Å²) in [5, 5.41) is 0. The number of carbonyl (C=O) groups excluding carboxylic acids is 1. The van der Waals surface area contributed by atoms with Crippen LogP contribution in [0.4, 0.5) is 4.39 Å². The van der Waals surface area contributed by atoms with Crippen LogP contribution in [0.1, 0.15) is 10.4 Å². The lowest BCUT2D eigenvalue weighted by atomic mass is 10.1. The zero-order chi connectivity index (χ0) is 9.97. The standard InChI is InChI=1S/C10H7FN2O/c11-9-2-1-7(5-8(9)6-14)10-12-3-4-13-10/h1-6H,(H,12,13). The molecule has 1 heterocycles. The molecular formula is C10H7FN2O. The molecule has 0 radical (unpaired) electrons. The lowest BCUT2D eigenvalue weighted by Crippen LogP contribution is -1.89. The van der Waals surface area contributed by atoms with E-state index in [9.17, 15) is 9.18 Å². The van der Waals surface area contributed by atoms with Crippen molar-refractivity contribution in [1.82, 2.24) is 9.97 Å². The van der Waals surface area contributed by atoms with Gasteiger partial charge < -0.3 is 4.98 Å². The van der Waals surface area contributed by atoms with Crippen LogP contribution < -0.4 is 0 Å². The van der Waals surface area contributed by atoms with Gasteiger partial charge in [0.1, 0.15) is 11.6 Å². The Hall–Kier alpha value is -1.97. The van der Waals surface area contributed by atoms with E-state index in [0.29, 0.717) is 17.7 Å². The molecule has 1 aromatic heterocycles. The van der Waals surface area contributed by atoms with Crippen LogP contribution in [0, 0.1) is 5.82 Å². The fourth-order valence-electron chi connectivity index (χ4n) is 1.20. The van der Waals surface area contributed by atoms with Crippen molar-refractivity contribution in [3.05, 3.63) is 42.0 Å². The second kappa shape index (κ2) is 3.41. The SMILES string of the molecule is O=Cc1cc(-c2ncc[nH]2)ccc1F. The van der Waals surface area contributed by atoms with Gasteiger partial charge in [0.25, 0.3) is 0 Å². The van der Waals surface area contributed by atoms with Gasteiger partial charge in [0.15, 0.2) is 6.29 Å². The molecule has 0 aliphatic rings. The van der Waals surface area contributed by atoms with Crippen molar-refractivity contribution in [1.29, 1.82) is 0 Å². The molecule has 70 valence electrons. The summed E-state index contributed by atoms with van der Waals surface area (Å²) in [7, 11) is 0. The Morgan fingerprint density at radius 1 is 1.43 bits per heavy atom. The predicted octanol–water partition coefficient (Wildman–Crippen LogP) is 2.03. The second-order valence-electron chi connectivity index (χ2n) is 2.79. The Balaban J connectivity index is 2.51. The van der Waals surface area contributed by atoms with Gasteiger partial charge in [-0.3, -0.25) is 4.79 Å². The number of benzene rings is 1. The molecule has 0 spiro atoms. The van der Waals surface area contributed by atoms with E-state index in [2.05, 4.69) is 9.97 Å². The lowest BCUT2D eigenvalue weighted by Gasteiger charge is -1.98. The van der Waals surface area contributed by atoms with E-state index in [0.717, 1.165) is 0 Å². The van der Waals surface area contributed by atoms with Crippen LogP contribution in [0.3, 0.4) is 0 Å². The summed E-state index contributed by atoms with van der Waals surface area (Å²) in [6.07, 6.45) is 3.75. The van der Waals surface area contributed by atoms with Gasteiger partial charge in [0.2, 0.25) is 0 Å². The highest BCUT2D eigenvalue weighted by molar-refractivity contribution is 5.78. The normalized spacial score (nSPS) is 10.1. The van der Waals surface area contributed by atoms with Gasteiger partial charge >= 0.3 is 0 Å². The molecule has 1 aromatic carbocycles. The maximum Gasteiger partial charge on any atom is 0.153 e. The molecule has 0 unspecified atom stereocenters. The third-order valence-electron chi connectivity index (χ3n) is 1.89. The van der Waals surface area contributed by atoms with Crippen LogP contribution in [-0.4, -0.2) is 16.3 Å².